The van der Waals surface area contributed by atoms with Gasteiger partial charge in [-0.3, -0.25) is 4.90 Å². The molecule has 2 heterocycles. The fraction of sp³-hybridized carbons (Fsp3) is 1.00. The van der Waals surface area contributed by atoms with Gasteiger partial charge in [0, 0.05) is 39.3 Å². The van der Waals surface area contributed by atoms with Gasteiger partial charge in [-0.25, -0.2) is 0 Å². The van der Waals surface area contributed by atoms with Crippen LogP contribution in [0, 0.1) is 5.92 Å². The van der Waals surface area contributed by atoms with E-state index in [-0.39, 0.29) is 0 Å². The molecular weight excluding hydrogens is 200 g/mol. The average Bonchev–Trinajstić information content (AvgIpc) is 2.33. The van der Waals surface area contributed by atoms with Gasteiger partial charge in [-0.2, -0.15) is 0 Å². The molecule has 0 radical (unpaired) electrons. The zero-order valence-electron chi connectivity index (χ0n) is 10.6. The normalized spacial score (nSPS) is 32.8. The third-order valence-electron chi connectivity index (χ3n) is 3.83. The first-order valence-electron chi connectivity index (χ1n) is 6.93. The van der Waals surface area contributed by atoms with E-state index >= 15 is 0 Å². The summed E-state index contributed by atoms with van der Waals surface area (Å²) < 4.78 is 5.98. The standard InChI is InChI=1S/C13H26N2O/c1-2-3-12-4-5-13(16-11-12)10-15-8-6-14-7-9-15/h12-14H,2-11H2,1H3. The molecule has 2 rings (SSSR count). The Balaban J connectivity index is 1.64. The average molecular weight is 226 g/mol. The van der Waals surface area contributed by atoms with Gasteiger partial charge in [-0.05, 0) is 25.2 Å². The monoisotopic (exact) mass is 226 g/mol. The van der Waals surface area contributed by atoms with Crippen molar-refractivity contribution in [2.24, 2.45) is 5.92 Å². The molecule has 3 nitrogen and oxygen atoms in total. The molecule has 0 aliphatic carbocycles. The molecule has 1 N–H and O–H groups in total. The molecule has 0 bridgehead atoms. The van der Waals surface area contributed by atoms with Crippen molar-refractivity contribution in [2.45, 2.75) is 38.7 Å². The number of hydrogen-bond acceptors (Lipinski definition) is 3. The number of piperazine rings is 1. The van der Waals surface area contributed by atoms with E-state index in [1.807, 2.05) is 0 Å². The van der Waals surface area contributed by atoms with Crippen LogP contribution in [0.15, 0.2) is 0 Å². The Morgan fingerprint density at radius 1 is 1.25 bits per heavy atom. The summed E-state index contributed by atoms with van der Waals surface area (Å²) >= 11 is 0. The molecular formula is C13H26N2O. The van der Waals surface area contributed by atoms with Crippen LogP contribution in [-0.2, 0) is 4.74 Å². The zero-order chi connectivity index (χ0) is 11.2. The van der Waals surface area contributed by atoms with Gasteiger partial charge in [0.15, 0.2) is 0 Å². The fourth-order valence-corrected chi connectivity index (χ4v) is 2.82. The Bertz CT molecular complexity index is 184. The van der Waals surface area contributed by atoms with Crippen molar-refractivity contribution in [3.8, 4) is 0 Å². The first-order valence-corrected chi connectivity index (χ1v) is 6.93. The minimum atomic E-state index is 0.506. The molecule has 0 saturated carbocycles. The number of nitrogens with one attached hydrogen (secondary N) is 1. The number of rotatable bonds is 4. The summed E-state index contributed by atoms with van der Waals surface area (Å²) in [7, 11) is 0. The maximum Gasteiger partial charge on any atom is 0.0702 e. The summed E-state index contributed by atoms with van der Waals surface area (Å²) in [5.74, 6) is 0.837. The molecule has 2 aliphatic rings. The van der Waals surface area contributed by atoms with Crippen molar-refractivity contribution in [2.75, 3.05) is 39.3 Å². The Morgan fingerprint density at radius 3 is 2.69 bits per heavy atom. The van der Waals surface area contributed by atoms with Crippen LogP contribution in [0.25, 0.3) is 0 Å². The predicted octanol–water partition coefficient (Wildman–Crippen LogP) is 1.49. The van der Waals surface area contributed by atoms with Gasteiger partial charge in [0.05, 0.1) is 6.10 Å². The van der Waals surface area contributed by atoms with E-state index in [2.05, 4.69) is 17.1 Å². The van der Waals surface area contributed by atoms with Gasteiger partial charge in [0.1, 0.15) is 0 Å². The van der Waals surface area contributed by atoms with Crippen LogP contribution in [0.4, 0.5) is 0 Å². The van der Waals surface area contributed by atoms with E-state index < -0.39 is 0 Å². The van der Waals surface area contributed by atoms with Crippen molar-refractivity contribution < 1.29 is 4.74 Å². The molecule has 2 saturated heterocycles. The van der Waals surface area contributed by atoms with E-state index in [0.717, 1.165) is 32.2 Å². The number of hydrogen-bond donors (Lipinski definition) is 1. The Hall–Kier alpha value is -0.120. The fourth-order valence-electron chi connectivity index (χ4n) is 2.82. The van der Waals surface area contributed by atoms with E-state index in [1.165, 1.54) is 38.8 Å². The first-order chi connectivity index (χ1) is 7.88. The Kier molecular flexibility index (Phi) is 5.07. The van der Waals surface area contributed by atoms with Crippen molar-refractivity contribution in [3.63, 3.8) is 0 Å². The maximum absolute atomic E-state index is 5.98. The van der Waals surface area contributed by atoms with Crippen molar-refractivity contribution >= 4 is 0 Å². The summed E-state index contributed by atoms with van der Waals surface area (Å²) in [4.78, 5) is 2.54. The quantitative estimate of drug-likeness (QED) is 0.786. The van der Waals surface area contributed by atoms with Gasteiger partial charge in [-0.1, -0.05) is 13.3 Å². The predicted molar refractivity (Wildman–Crippen MR) is 66.7 cm³/mol. The van der Waals surface area contributed by atoms with E-state index in [0.29, 0.717) is 6.10 Å². The number of nitrogens with zero attached hydrogens (tertiary/aromatic N) is 1. The minimum Gasteiger partial charge on any atom is -0.377 e. The summed E-state index contributed by atoms with van der Waals surface area (Å²) in [5, 5.41) is 3.39. The first kappa shape index (κ1) is 12.3. The molecule has 0 aromatic carbocycles. The highest BCUT2D eigenvalue weighted by Gasteiger charge is 2.23. The molecule has 0 aromatic rings. The van der Waals surface area contributed by atoms with Gasteiger partial charge in [0.25, 0.3) is 0 Å². The molecule has 0 aromatic heterocycles. The van der Waals surface area contributed by atoms with Crippen LogP contribution in [0.5, 0.6) is 0 Å². The van der Waals surface area contributed by atoms with Gasteiger partial charge < -0.3 is 10.1 Å². The Labute approximate surface area is 99.5 Å². The molecule has 2 unspecified atom stereocenters. The molecule has 2 aliphatic heterocycles. The van der Waals surface area contributed by atoms with E-state index in [9.17, 15) is 0 Å². The van der Waals surface area contributed by atoms with Crippen molar-refractivity contribution in [1.29, 1.82) is 0 Å². The lowest BCUT2D eigenvalue weighted by molar-refractivity contribution is -0.0355. The van der Waals surface area contributed by atoms with Crippen LogP contribution in [-0.4, -0.2) is 50.3 Å². The molecule has 16 heavy (non-hydrogen) atoms. The summed E-state index contributed by atoms with van der Waals surface area (Å²) in [6.45, 7) is 9.10. The minimum absolute atomic E-state index is 0.506. The third-order valence-corrected chi connectivity index (χ3v) is 3.83. The molecule has 0 amide bonds. The largest absolute Gasteiger partial charge is 0.377 e. The van der Waals surface area contributed by atoms with Crippen LogP contribution < -0.4 is 5.32 Å². The van der Waals surface area contributed by atoms with E-state index in [4.69, 9.17) is 4.74 Å². The van der Waals surface area contributed by atoms with E-state index in [1.54, 1.807) is 0 Å². The lowest BCUT2D eigenvalue weighted by Gasteiger charge is -2.34. The molecule has 0 spiro atoms. The zero-order valence-corrected chi connectivity index (χ0v) is 10.6. The lowest BCUT2D eigenvalue weighted by atomic mass is 9.94. The summed E-state index contributed by atoms with van der Waals surface area (Å²) in [6, 6.07) is 0. The second-order valence-electron chi connectivity index (χ2n) is 5.24. The maximum atomic E-state index is 5.98. The molecule has 2 atom stereocenters. The second kappa shape index (κ2) is 6.58. The molecule has 2 fully saturated rings. The second-order valence-corrected chi connectivity index (χ2v) is 5.24. The van der Waals surface area contributed by atoms with Crippen LogP contribution in [0.3, 0.4) is 0 Å². The third kappa shape index (κ3) is 3.72. The molecule has 3 heteroatoms. The smallest absolute Gasteiger partial charge is 0.0702 e. The van der Waals surface area contributed by atoms with Crippen LogP contribution in [0.2, 0.25) is 0 Å². The SMILES string of the molecule is CCCC1CCC(CN2CCNCC2)OC1. The summed E-state index contributed by atoms with van der Waals surface area (Å²) in [5.41, 5.74) is 0. The highest BCUT2D eigenvalue weighted by Crippen LogP contribution is 2.23. The summed E-state index contributed by atoms with van der Waals surface area (Å²) in [6.07, 6.45) is 5.81. The van der Waals surface area contributed by atoms with Gasteiger partial charge >= 0.3 is 0 Å². The van der Waals surface area contributed by atoms with Crippen LogP contribution >= 0.6 is 0 Å². The Morgan fingerprint density at radius 2 is 2.06 bits per heavy atom. The highest BCUT2D eigenvalue weighted by molar-refractivity contribution is 4.76. The van der Waals surface area contributed by atoms with Gasteiger partial charge in [0.2, 0.25) is 0 Å². The van der Waals surface area contributed by atoms with Crippen molar-refractivity contribution in [1.82, 2.24) is 10.2 Å². The van der Waals surface area contributed by atoms with Gasteiger partial charge in [-0.15, -0.1) is 0 Å². The lowest BCUT2D eigenvalue weighted by Crippen LogP contribution is -2.47. The van der Waals surface area contributed by atoms with Crippen LogP contribution in [0.1, 0.15) is 32.6 Å². The van der Waals surface area contributed by atoms with Crippen molar-refractivity contribution in [3.05, 3.63) is 0 Å². The molecule has 94 valence electrons. The highest BCUT2D eigenvalue weighted by atomic mass is 16.5. The topological polar surface area (TPSA) is 24.5 Å². The number of ether oxygens (including phenoxy) is 1.